The minimum Gasteiger partial charge on any atom is -0.345 e. The van der Waals surface area contributed by atoms with Gasteiger partial charge in [-0.1, -0.05) is 18.2 Å². The lowest BCUT2D eigenvalue weighted by atomic mass is 10.1. The van der Waals surface area contributed by atoms with Gasteiger partial charge in [-0.15, -0.1) is 0 Å². The molecule has 0 aliphatic heterocycles. The molecule has 2 aromatic carbocycles. The molecule has 0 saturated heterocycles. The minimum atomic E-state index is -0.501. The summed E-state index contributed by atoms with van der Waals surface area (Å²) in [6, 6.07) is 20.4. The highest BCUT2D eigenvalue weighted by molar-refractivity contribution is 6.10. The van der Waals surface area contributed by atoms with Gasteiger partial charge < -0.3 is 14.8 Å². The van der Waals surface area contributed by atoms with E-state index < -0.39 is 5.91 Å². The van der Waals surface area contributed by atoms with Gasteiger partial charge in [0.2, 0.25) is 0 Å². The number of carbonyl (C=O) groups is 2. The Morgan fingerprint density at radius 2 is 1.68 bits per heavy atom. The number of aryl methyl sites for hydroxylation is 1. The van der Waals surface area contributed by atoms with Crippen molar-refractivity contribution in [2.24, 2.45) is 0 Å². The molecule has 31 heavy (non-hydrogen) atoms. The lowest BCUT2D eigenvalue weighted by Crippen LogP contribution is -2.21. The van der Waals surface area contributed by atoms with Crippen LogP contribution in [0.1, 0.15) is 27.3 Å². The number of hydrogen-bond acceptors (Lipinski definition) is 3. The van der Waals surface area contributed by atoms with Crippen LogP contribution in [0.2, 0.25) is 0 Å². The van der Waals surface area contributed by atoms with Gasteiger partial charge in [-0.25, -0.2) is 0 Å². The standard InChI is InChI=1S/C25H24N4O2/c1-17-14-20(18(2)29(17)23-8-6-5-7-9-23)15-21(16-26)24(30)27-22-12-10-19(11-13-22)25(31)28(3)4/h5-15H,1-4H3,(H,27,30)/b21-15+. The van der Waals surface area contributed by atoms with Crippen molar-refractivity contribution >= 4 is 23.6 Å². The van der Waals surface area contributed by atoms with Crippen molar-refractivity contribution in [2.45, 2.75) is 13.8 Å². The summed E-state index contributed by atoms with van der Waals surface area (Å²) >= 11 is 0. The van der Waals surface area contributed by atoms with Gasteiger partial charge >= 0.3 is 0 Å². The van der Waals surface area contributed by atoms with Crippen LogP contribution in [0.3, 0.4) is 0 Å². The number of nitrogens with zero attached hydrogens (tertiary/aromatic N) is 3. The number of carbonyl (C=O) groups excluding carboxylic acids is 2. The van der Waals surface area contributed by atoms with E-state index in [4.69, 9.17) is 0 Å². The van der Waals surface area contributed by atoms with Gasteiger partial charge in [0.05, 0.1) is 0 Å². The zero-order chi connectivity index (χ0) is 22.5. The van der Waals surface area contributed by atoms with Gasteiger partial charge in [-0.05, 0) is 68.0 Å². The van der Waals surface area contributed by atoms with Gasteiger partial charge in [0.1, 0.15) is 11.6 Å². The maximum Gasteiger partial charge on any atom is 0.266 e. The fourth-order valence-corrected chi connectivity index (χ4v) is 3.36. The van der Waals surface area contributed by atoms with Crippen LogP contribution in [0.4, 0.5) is 5.69 Å². The molecule has 0 spiro atoms. The van der Waals surface area contributed by atoms with E-state index in [0.29, 0.717) is 11.3 Å². The fourth-order valence-electron chi connectivity index (χ4n) is 3.36. The first-order valence-corrected chi connectivity index (χ1v) is 9.81. The number of anilines is 1. The Morgan fingerprint density at radius 3 is 2.26 bits per heavy atom. The molecule has 0 radical (unpaired) electrons. The Morgan fingerprint density at radius 1 is 1.03 bits per heavy atom. The van der Waals surface area contributed by atoms with Crippen molar-refractivity contribution in [2.75, 3.05) is 19.4 Å². The number of nitriles is 1. The highest BCUT2D eigenvalue weighted by atomic mass is 16.2. The van der Waals surface area contributed by atoms with Crippen molar-refractivity contribution in [1.29, 1.82) is 5.26 Å². The predicted octanol–water partition coefficient (Wildman–Crippen LogP) is 4.34. The number of hydrogen-bond donors (Lipinski definition) is 1. The summed E-state index contributed by atoms with van der Waals surface area (Å²) < 4.78 is 2.08. The highest BCUT2D eigenvalue weighted by Gasteiger charge is 2.14. The van der Waals surface area contributed by atoms with Crippen molar-refractivity contribution in [1.82, 2.24) is 9.47 Å². The summed E-state index contributed by atoms with van der Waals surface area (Å²) in [6.45, 7) is 3.94. The second-order valence-electron chi connectivity index (χ2n) is 7.40. The number of para-hydroxylation sites is 1. The maximum atomic E-state index is 12.7. The topological polar surface area (TPSA) is 78.1 Å². The third-order valence-electron chi connectivity index (χ3n) is 4.95. The van der Waals surface area contributed by atoms with Crippen molar-refractivity contribution < 1.29 is 9.59 Å². The summed E-state index contributed by atoms with van der Waals surface area (Å²) in [5.41, 5.74) is 4.81. The van der Waals surface area contributed by atoms with E-state index in [9.17, 15) is 14.9 Å². The van der Waals surface area contributed by atoms with Crippen LogP contribution in [0.5, 0.6) is 0 Å². The Kier molecular flexibility index (Phi) is 6.37. The van der Waals surface area contributed by atoms with Gasteiger partial charge in [-0.2, -0.15) is 5.26 Å². The molecular weight excluding hydrogens is 388 g/mol. The summed E-state index contributed by atoms with van der Waals surface area (Å²) in [5, 5.41) is 12.3. The maximum absolute atomic E-state index is 12.7. The van der Waals surface area contributed by atoms with Crippen molar-refractivity contribution in [3.05, 3.63) is 88.8 Å². The first kappa shape index (κ1) is 21.6. The van der Waals surface area contributed by atoms with Crippen LogP contribution in [-0.2, 0) is 4.79 Å². The van der Waals surface area contributed by atoms with E-state index in [1.165, 1.54) is 4.90 Å². The molecule has 0 fully saturated rings. The van der Waals surface area contributed by atoms with Gasteiger partial charge in [-0.3, -0.25) is 9.59 Å². The minimum absolute atomic E-state index is 0.00163. The molecule has 156 valence electrons. The Labute approximate surface area is 182 Å². The average Bonchev–Trinajstić information content (AvgIpc) is 3.05. The SMILES string of the molecule is Cc1cc(/C=C(\C#N)C(=O)Nc2ccc(C(=O)N(C)C)cc2)c(C)n1-c1ccccc1. The molecular formula is C25H24N4O2. The second-order valence-corrected chi connectivity index (χ2v) is 7.40. The summed E-state index contributed by atoms with van der Waals surface area (Å²) in [5.74, 6) is -0.622. The zero-order valence-electron chi connectivity index (χ0n) is 18.0. The van der Waals surface area contributed by atoms with E-state index in [1.807, 2.05) is 56.3 Å². The molecule has 0 aliphatic rings. The molecule has 2 amide bonds. The Balaban J connectivity index is 1.83. The largest absolute Gasteiger partial charge is 0.345 e. The predicted molar refractivity (Wildman–Crippen MR) is 122 cm³/mol. The summed E-state index contributed by atoms with van der Waals surface area (Å²) in [6.07, 6.45) is 1.60. The van der Waals surface area contributed by atoms with Crippen molar-refractivity contribution in [3.63, 3.8) is 0 Å². The summed E-state index contributed by atoms with van der Waals surface area (Å²) in [7, 11) is 3.35. The average molecular weight is 412 g/mol. The van der Waals surface area contributed by atoms with Crippen LogP contribution in [-0.4, -0.2) is 35.4 Å². The lowest BCUT2D eigenvalue weighted by Gasteiger charge is -2.11. The molecule has 0 unspecified atom stereocenters. The third-order valence-corrected chi connectivity index (χ3v) is 4.95. The quantitative estimate of drug-likeness (QED) is 0.500. The Bertz CT molecular complexity index is 1180. The molecule has 0 aliphatic carbocycles. The van der Waals surface area contributed by atoms with Gasteiger partial charge in [0, 0.05) is 42.4 Å². The number of nitrogens with one attached hydrogen (secondary N) is 1. The molecule has 3 rings (SSSR count). The number of benzene rings is 2. The Hall–Kier alpha value is -4.11. The van der Waals surface area contributed by atoms with Crippen LogP contribution in [0.25, 0.3) is 11.8 Å². The van der Waals surface area contributed by atoms with Crippen molar-refractivity contribution in [3.8, 4) is 11.8 Å². The molecule has 3 aromatic rings. The normalized spacial score (nSPS) is 11.0. The van der Waals surface area contributed by atoms with E-state index in [2.05, 4.69) is 9.88 Å². The van der Waals surface area contributed by atoms with Crippen LogP contribution in [0, 0.1) is 25.2 Å². The van der Waals surface area contributed by atoms with Gasteiger partial charge in [0.25, 0.3) is 11.8 Å². The third kappa shape index (κ3) is 4.73. The molecule has 6 nitrogen and oxygen atoms in total. The molecule has 1 heterocycles. The molecule has 1 aromatic heterocycles. The zero-order valence-corrected chi connectivity index (χ0v) is 18.0. The number of aromatic nitrogens is 1. The van der Waals surface area contributed by atoms with Crippen LogP contribution in [0.15, 0.2) is 66.2 Å². The molecule has 0 atom stereocenters. The molecule has 1 N–H and O–H groups in total. The van der Waals surface area contributed by atoms with Crippen LogP contribution >= 0.6 is 0 Å². The second kappa shape index (κ2) is 9.14. The fraction of sp³-hybridized carbons (Fsp3) is 0.160. The van der Waals surface area contributed by atoms with E-state index in [0.717, 1.165) is 22.6 Å². The van der Waals surface area contributed by atoms with Crippen LogP contribution < -0.4 is 5.32 Å². The monoisotopic (exact) mass is 412 g/mol. The lowest BCUT2D eigenvalue weighted by molar-refractivity contribution is -0.112. The summed E-state index contributed by atoms with van der Waals surface area (Å²) in [4.78, 5) is 26.1. The van der Waals surface area contributed by atoms with E-state index in [-0.39, 0.29) is 11.5 Å². The number of amides is 2. The molecule has 6 heteroatoms. The van der Waals surface area contributed by atoms with E-state index in [1.54, 1.807) is 44.4 Å². The first-order valence-electron chi connectivity index (χ1n) is 9.81. The molecule has 0 bridgehead atoms. The highest BCUT2D eigenvalue weighted by Crippen LogP contribution is 2.23. The van der Waals surface area contributed by atoms with E-state index >= 15 is 0 Å². The first-order chi connectivity index (χ1) is 14.8. The van der Waals surface area contributed by atoms with Gasteiger partial charge in [0.15, 0.2) is 0 Å². The molecule has 0 saturated carbocycles. The number of rotatable bonds is 5. The smallest absolute Gasteiger partial charge is 0.266 e.